The molecule has 0 unspecified atom stereocenters. The molecule has 0 radical (unpaired) electrons. The highest BCUT2D eigenvalue weighted by Crippen LogP contribution is 2.20. The number of aliphatic carboxylic acids is 1. The quantitative estimate of drug-likeness (QED) is 0.806. The van der Waals surface area contributed by atoms with Crippen LogP contribution < -0.4 is 0 Å². The molecule has 1 aromatic heterocycles. The number of amides is 1. The second kappa shape index (κ2) is 5.99. The van der Waals surface area contributed by atoms with E-state index in [-0.39, 0.29) is 12.5 Å². The predicted octanol–water partition coefficient (Wildman–Crippen LogP) is 1.69. The topological polar surface area (TPSA) is 77.8 Å². The van der Waals surface area contributed by atoms with Gasteiger partial charge in [-0.3, -0.25) is 4.79 Å². The molecule has 0 saturated carbocycles. The van der Waals surface area contributed by atoms with E-state index < -0.39 is 11.6 Å². The van der Waals surface area contributed by atoms with Crippen molar-refractivity contribution in [3.63, 3.8) is 0 Å². The average Bonchev–Trinajstić information content (AvgIpc) is 2.70. The molecule has 0 bridgehead atoms. The Bertz CT molecular complexity index is 499. The molecule has 5 nitrogen and oxygen atoms in total. The second-order valence-corrected chi connectivity index (χ2v) is 5.77. The maximum atomic E-state index is 12.2. The first kappa shape index (κ1) is 15.4. The average molecular weight is 283 g/mol. The van der Waals surface area contributed by atoms with Gasteiger partial charge in [0.05, 0.1) is 10.5 Å². The Morgan fingerprint density at radius 3 is 2.63 bits per heavy atom. The standard InChI is InChI=1S/C13H17NO4S/c1-13(2,18)8-14(3)12(17)11-9(6-7-19-11)4-5-10(15)16/h4-7,18H,8H2,1-3H3,(H,15,16). The van der Waals surface area contributed by atoms with Crippen LogP contribution in [0.15, 0.2) is 17.5 Å². The van der Waals surface area contributed by atoms with Gasteiger partial charge in [0.15, 0.2) is 0 Å². The molecular weight excluding hydrogens is 266 g/mol. The Morgan fingerprint density at radius 2 is 2.11 bits per heavy atom. The van der Waals surface area contributed by atoms with Crippen molar-refractivity contribution in [2.24, 2.45) is 0 Å². The summed E-state index contributed by atoms with van der Waals surface area (Å²) in [4.78, 5) is 24.6. The molecule has 1 heterocycles. The number of aliphatic hydroxyl groups is 1. The fourth-order valence-electron chi connectivity index (χ4n) is 1.61. The number of thiophene rings is 1. The Labute approximate surface area is 115 Å². The van der Waals surface area contributed by atoms with Crippen LogP contribution in [0.25, 0.3) is 6.08 Å². The second-order valence-electron chi connectivity index (χ2n) is 4.85. The number of hydrogen-bond donors (Lipinski definition) is 2. The molecule has 1 rings (SSSR count). The highest BCUT2D eigenvalue weighted by atomic mass is 32.1. The molecular formula is C13H17NO4S. The van der Waals surface area contributed by atoms with E-state index in [2.05, 4.69) is 0 Å². The molecule has 1 amide bonds. The van der Waals surface area contributed by atoms with Crippen LogP contribution in [0.3, 0.4) is 0 Å². The molecule has 0 atom stereocenters. The van der Waals surface area contributed by atoms with Crippen molar-refractivity contribution in [1.82, 2.24) is 4.90 Å². The van der Waals surface area contributed by atoms with Crippen LogP contribution >= 0.6 is 11.3 Å². The third-order valence-corrected chi connectivity index (χ3v) is 3.18. The van der Waals surface area contributed by atoms with Gasteiger partial charge in [0.2, 0.25) is 0 Å². The number of likely N-dealkylation sites (N-methyl/N-ethyl adjacent to an activating group) is 1. The summed E-state index contributed by atoms with van der Waals surface area (Å²) in [6, 6.07) is 1.69. The first-order valence-electron chi connectivity index (χ1n) is 5.67. The third kappa shape index (κ3) is 4.84. The monoisotopic (exact) mass is 283 g/mol. The van der Waals surface area contributed by atoms with E-state index >= 15 is 0 Å². The minimum absolute atomic E-state index is 0.200. The summed E-state index contributed by atoms with van der Waals surface area (Å²) in [7, 11) is 1.60. The zero-order valence-electron chi connectivity index (χ0n) is 11.1. The Balaban J connectivity index is 2.89. The van der Waals surface area contributed by atoms with Crippen molar-refractivity contribution in [2.75, 3.05) is 13.6 Å². The summed E-state index contributed by atoms with van der Waals surface area (Å²) >= 11 is 1.25. The first-order valence-corrected chi connectivity index (χ1v) is 6.55. The molecule has 0 saturated heterocycles. The van der Waals surface area contributed by atoms with E-state index in [1.54, 1.807) is 32.3 Å². The zero-order chi connectivity index (χ0) is 14.6. The van der Waals surface area contributed by atoms with Gasteiger partial charge in [0.1, 0.15) is 0 Å². The maximum Gasteiger partial charge on any atom is 0.328 e. The molecule has 0 fully saturated rings. The maximum absolute atomic E-state index is 12.2. The van der Waals surface area contributed by atoms with Gasteiger partial charge in [0.25, 0.3) is 5.91 Å². The molecule has 0 aromatic carbocycles. The Morgan fingerprint density at radius 1 is 1.47 bits per heavy atom. The Kier molecular flexibility index (Phi) is 4.85. The van der Waals surface area contributed by atoms with Gasteiger partial charge in [-0.25, -0.2) is 4.79 Å². The lowest BCUT2D eigenvalue weighted by Crippen LogP contribution is -2.39. The van der Waals surface area contributed by atoms with Crippen LogP contribution in [0, 0.1) is 0 Å². The van der Waals surface area contributed by atoms with E-state index in [0.717, 1.165) is 6.08 Å². The first-order chi connectivity index (χ1) is 8.70. The number of hydrogen-bond acceptors (Lipinski definition) is 4. The lowest BCUT2D eigenvalue weighted by atomic mass is 10.1. The van der Waals surface area contributed by atoms with Crippen molar-refractivity contribution in [2.45, 2.75) is 19.4 Å². The van der Waals surface area contributed by atoms with Crippen molar-refractivity contribution in [1.29, 1.82) is 0 Å². The van der Waals surface area contributed by atoms with Crippen LogP contribution in [0.1, 0.15) is 29.1 Å². The summed E-state index contributed by atoms with van der Waals surface area (Å²) in [5.74, 6) is -1.29. The molecule has 0 aliphatic carbocycles. The summed E-state index contributed by atoms with van der Waals surface area (Å²) in [6.45, 7) is 3.44. The normalized spacial score (nSPS) is 11.8. The number of carboxylic acid groups (broad SMARTS) is 1. The largest absolute Gasteiger partial charge is 0.478 e. The number of carboxylic acids is 1. The molecule has 19 heavy (non-hydrogen) atoms. The SMILES string of the molecule is CN(CC(C)(C)O)C(=O)c1sccc1C=CC(=O)O. The van der Waals surface area contributed by atoms with Gasteiger partial charge in [-0.05, 0) is 36.9 Å². The predicted molar refractivity (Wildman–Crippen MR) is 74.2 cm³/mol. The summed E-state index contributed by atoms with van der Waals surface area (Å²) in [5.41, 5.74) is -0.404. The van der Waals surface area contributed by atoms with Crippen molar-refractivity contribution in [3.8, 4) is 0 Å². The molecule has 2 N–H and O–H groups in total. The highest BCUT2D eigenvalue weighted by Gasteiger charge is 2.22. The lowest BCUT2D eigenvalue weighted by Gasteiger charge is -2.25. The molecule has 104 valence electrons. The van der Waals surface area contributed by atoms with E-state index in [4.69, 9.17) is 5.11 Å². The van der Waals surface area contributed by atoms with Crippen molar-refractivity contribution >= 4 is 29.3 Å². The molecule has 1 aromatic rings. The zero-order valence-corrected chi connectivity index (χ0v) is 11.9. The van der Waals surface area contributed by atoms with Gasteiger partial charge < -0.3 is 15.1 Å². The minimum Gasteiger partial charge on any atom is -0.478 e. The Hall–Kier alpha value is -1.66. The number of nitrogens with zero attached hydrogens (tertiary/aromatic N) is 1. The van der Waals surface area contributed by atoms with E-state index in [0.29, 0.717) is 10.4 Å². The summed E-state index contributed by atoms with van der Waals surface area (Å²) in [6.07, 6.45) is 2.39. The molecule has 0 aliphatic rings. The van der Waals surface area contributed by atoms with Gasteiger partial charge in [-0.2, -0.15) is 0 Å². The summed E-state index contributed by atoms with van der Waals surface area (Å²) < 4.78 is 0. The van der Waals surface area contributed by atoms with Gasteiger partial charge in [-0.1, -0.05) is 0 Å². The van der Waals surface area contributed by atoms with E-state index in [9.17, 15) is 14.7 Å². The fraction of sp³-hybridized carbons (Fsp3) is 0.385. The van der Waals surface area contributed by atoms with Gasteiger partial charge >= 0.3 is 5.97 Å². The van der Waals surface area contributed by atoms with Gasteiger partial charge in [0, 0.05) is 19.7 Å². The van der Waals surface area contributed by atoms with Crippen LogP contribution in [-0.4, -0.2) is 46.2 Å². The third-order valence-electron chi connectivity index (χ3n) is 2.27. The van der Waals surface area contributed by atoms with Crippen molar-refractivity contribution < 1.29 is 19.8 Å². The number of rotatable bonds is 5. The van der Waals surface area contributed by atoms with Crippen LogP contribution in [0.4, 0.5) is 0 Å². The fourth-order valence-corrected chi connectivity index (χ4v) is 2.49. The smallest absolute Gasteiger partial charge is 0.328 e. The number of carbonyl (C=O) groups is 2. The van der Waals surface area contributed by atoms with Crippen molar-refractivity contribution in [3.05, 3.63) is 28.0 Å². The van der Waals surface area contributed by atoms with Crippen LogP contribution in [0.5, 0.6) is 0 Å². The highest BCUT2D eigenvalue weighted by molar-refractivity contribution is 7.12. The number of carbonyl (C=O) groups excluding carboxylic acids is 1. The van der Waals surface area contributed by atoms with Gasteiger partial charge in [-0.15, -0.1) is 11.3 Å². The summed E-state index contributed by atoms with van der Waals surface area (Å²) in [5, 5.41) is 20.0. The molecule has 0 aliphatic heterocycles. The van der Waals surface area contributed by atoms with E-state index in [1.807, 2.05) is 0 Å². The minimum atomic E-state index is -1.06. The van der Waals surface area contributed by atoms with Crippen LogP contribution in [-0.2, 0) is 4.79 Å². The lowest BCUT2D eigenvalue weighted by molar-refractivity contribution is -0.131. The van der Waals surface area contributed by atoms with E-state index in [1.165, 1.54) is 22.3 Å². The molecule has 6 heteroatoms. The van der Waals surface area contributed by atoms with Crippen LogP contribution in [0.2, 0.25) is 0 Å². The molecule has 0 spiro atoms.